The number of hydrogen-bond donors (Lipinski definition) is 0. The highest BCUT2D eigenvalue weighted by molar-refractivity contribution is 6.00. The molecule has 1 aromatic carbocycles. The minimum atomic E-state index is -5.47. The number of halogens is 6. The maximum Gasteiger partial charge on any atom is 0.403 e. The number of hydrogen-bond acceptors (Lipinski definition) is 1. The van der Waals surface area contributed by atoms with Gasteiger partial charge in [-0.2, -0.15) is 26.3 Å². The smallest absolute Gasteiger partial charge is 0.294 e. The molecule has 2 rings (SSSR count). The largest absolute Gasteiger partial charge is 0.403 e. The van der Waals surface area contributed by atoms with E-state index in [0.717, 1.165) is 0 Å². The van der Waals surface area contributed by atoms with Crippen LogP contribution in [0.4, 0.5) is 26.3 Å². The molecule has 19 heavy (non-hydrogen) atoms. The number of rotatable bonds is 2. The van der Waals surface area contributed by atoms with Crippen LogP contribution in [0.2, 0.25) is 0 Å². The van der Waals surface area contributed by atoms with E-state index >= 15 is 0 Å². The van der Waals surface area contributed by atoms with Crippen LogP contribution in [0.15, 0.2) is 30.3 Å². The van der Waals surface area contributed by atoms with Crippen molar-refractivity contribution in [2.45, 2.75) is 18.8 Å². The van der Waals surface area contributed by atoms with Gasteiger partial charge in [0.2, 0.25) is 0 Å². The molecule has 0 spiro atoms. The third-order valence-corrected chi connectivity index (χ3v) is 3.35. The molecule has 0 N–H and O–H groups in total. The van der Waals surface area contributed by atoms with Crippen molar-refractivity contribution in [3.63, 3.8) is 0 Å². The molecule has 104 valence electrons. The third kappa shape index (κ3) is 2.01. The summed E-state index contributed by atoms with van der Waals surface area (Å²) in [5.74, 6) is -3.19. The Bertz CT molecular complexity index is 473. The topological polar surface area (TPSA) is 17.1 Å². The van der Waals surface area contributed by atoms with Crippen LogP contribution in [-0.4, -0.2) is 18.1 Å². The molecule has 7 heteroatoms. The normalized spacial score (nSPS) is 22.1. The SMILES string of the molecule is O=C(c1ccccc1)C1CC1(C(F)(F)F)C(F)(F)F. The van der Waals surface area contributed by atoms with Gasteiger partial charge in [0.15, 0.2) is 11.2 Å². The molecule has 0 heterocycles. The summed E-state index contributed by atoms with van der Waals surface area (Å²) in [5, 5.41) is 0. The maximum absolute atomic E-state index is 12.6. The second-order valence-corrected chi connectivity index (χ2v) is 4.45. The summed E-state index contributed by atoms with van der Waals surface area (Å²) >= 11 is 0. The van der Waals surface area contributed by atoms with Crippen molar-refractivity contribution in [1.82, 2.24) is 0 Å². The molecule has 0 aromatic heterocycles. The van der Waals surface area contributed by atoms with Crippen molar-refractivity contribution in [2.24, 2.45) is 11.3 Å². The molecule has 0 aliphatic heterocycles. The van der Waals surface area contributed by atoms with Gasteiger partial charge in [0.05, 0.1) is 0 Å². The molecule has 1 unspecified atom stereocenters. The van der Waals surface area contributed by atoms with Crippen molar-refractivity contribution in [1.29, 1.82) is 0 Å². The molecule has 1 aliphatic rings. The second-order valence-electron chi connectivity index (χ2n) is 4.45. The number of carbonyl (C=O) groups is 1. The number of Topliss-reactive ketones (excluding diaryl/α,β-unsaturated/α-hetero) is 1. The summed E-state index contributed by atoms with van der Waals surface area (Å²) < 4.78 is 75.9. The predicted molar refractivity (Wildman–Crippen MR) is 53.4 cm³/mol. The Hall–Kier alpha value is -1.53. The minimum absolute atomic E-state index is 0.136. The van der Waals surface area contributed by atoms with Gasteiger partial charge >= 0.3 is 12.4 Å². The highest BCUT2D eigenvalue weighted by atomic mass is 19.4. The zero-order valence-electron chi connectivity index (χ0n) is 9.35. The first-order valence-electron chi connectivity index (χ1n) is 5.34. The molecule has 1 atom stereocenters. The van der Waals surface area contributed by atoms with Crippen LogP contribution < -0.4 is 0 Å². The van der Waals surface area contributed by atoms with Crippen molar-refractivity contribution in [3.8, 4) is 0 Å². The van der Waals surface area contributed by atoms with Crippen LogP contribution in [0, 0.1) is 11.3 Å². The Morgan fingerprint density at radius 1 is 1.00 bits per heavy atom. The van der Waals surface area contributed by atoms with Crippen LogP contribution >= 0.6 is 0 Å². The van der Waals surface area contributed by atoms with E-state index in [0.29, 0.717) is 0 Å². The van der Waals surface area contributed by atoms with Crippen molar-refractivity contribution < 1.29 is 31.1 Å². The van der Waals surface area contributed by atoms with E-state index in [1.165, 1.54) is 30.3 Å². The van der Waals surface area contributed by atoms with Gasteiger partial charge in [0.1, 0.15) is 0 Å². The Labute approximate surface area is 104 Å². The minimum Gasteiger partial charge on any atom is -0.294 e. The van der Waals surface area contributed by atoms with E-state index < -0.39 is 35.9 Å². The molecule has 0 amide bonds. The van der Waals surface area contributed by atoms with Gasteiger partial charge in [-0.1, -0.05) is 30.3 Å². The quantitative estimate of drug-likeness (QED) is 0.592. The zero-order valence-corrected chi connectivity index (χ0v) is 9.35. The van der Waals surface area contributed by atoms with E-state index in [1.807, 2.05) is 0 Å². The standard InChI is InChI=1S/C12H8F6O/c13-11(14,15)10(12(16,17)18)6-8(10)9(19)7-4-2-1-3-5-7/h1-5,8H,6H2. The molecular weight excluding hydrogens is 274 g/mol. The Morgan fingerprint density at radius 2 is 1.47 bits per heavy atom. The summed E-state index contributed by atoms with van der Waals surface area (Å²) in [6.45, 7) is 0. The summed E-state index contributed by atoms with van der Waals surface area (Å²) in [6.07, 6.45) is -12.2. The van der Waals surface area contributed by atoms with Gasteiger partial charge in [-0.3, -0.25) is 4.79 Å². The van der Waals surface area contributed by atoms with Crippen LogP contribution in [0.5, 0.6) is 0 Å². The highest BCUT2D eigenvalue weighted by Crippen LogP contribution is 2.70. The number of alkyl halides is 6. The lowest BCUT2D eigenvalue weighted by molar-refractivity contribution is -0.303. The van der Waals surface area contributed by atoms with E-state index in [-0.39, 0.29) is 5.56 Å². The molecule has 1 aromatic rings. The van der Waals surface area contributed by atoms with E-state index in [1.54, 1.807) is 0 Å². The molecule has 1 nitrogen and oxygen atoms in total. The van der Waals surface area contributed by atoms with Crippen molar-refractivity contribution >= 4 is 5.78 Å². The molecule has 1 fully saturated rings. The van der Waals surface area contributed by atoms with Crippen molar-refractivity contribution in [3.05, 3.63) is 35.9 Å². The summed E-state index contributed by atoms with van der Waals surface area (Å²) in [4.78, 5) is 11.7. The first-order valence-corrected chi connectivity index (χ1v) is 5.34. The first kappa shape index (κ1) is 13.9. The molecule has 0 bridgehead atoms. The molecule has 0 saturated heterocycles. The zero-order chi connectivity index (χ0) is 14.5. The lowest BCUT2D eigenvalue weighted by atomic mass is 9.97. The summed E-state index contributed by atoms with van der Waals surface area (Å²) in [6, 6.07) is 6.71. The van der Waals surface area contributed by atoms with Gasteiger partial charge in [0.25, 0.3) is 0 Å². The van der Waals surface area contributed by atoms with Crippen LogP contribution in [0.1, 0.15) is 16.8 Å². The van der Waals surface area contributed by atoms with Gasteiger partial charge in [-0.25, -0.2) is 0 Å². The van der Waals surface area contributed by atoms with Crippen LogP contribution in [0.3, 0.4) is 0 Å². The first-order chi connectivity index (χ1) is 8.61. The Kier molecular flexibility index (Phi) is 2.91. The van der Waals surface area contributed by atoms with Gasteiger partial charge < -0.3 is 0 Å². The molecular formula is C12H8F6O. The van der Waals surface area contributed by atoms with Gasteiger partial charge in [-0.05, 0) is 6.42 Å². The highest BCUT2D eigenvalue weighted by Gasteiger charge is 2.85. The predicted octanol–water partition coefficient (Wildman–Crippen LogP) is 4.00. The fraction of sp³-hybridized carbons (Fsp3) is 0.417. The lowest BCUT2D eigenvalue weighted by Gasteiger charge is -2.23. The van der Waals surface area contributed by atoms with Crippen LogP contribution in [-0.2, 0) is 0 Å². The third-order valence-electron chi connectivity index (χ3n) is 3.35. The Morgan fingerprint density at radius 3 is 1.84 bits per heavy atom. The monoisotopic (exact) mass is 282 g/mol. The number of benzene rings is 1. The second kappa shape index (κ2) is 3.98. The maximum atomic E-state index is 12.6. The number of ketones is 1. The van der Waals surface area contributed by atoms with Crippen LogP contribution in [0.25, 0.3) is 0 Å². The Balaban J connectivity index is 2.33. The van der Waals surface area contributed by atoms with Crippen molar-refractivity contribution in [2.75, 3.05) is 0 Å². The van der Waals surface area contributed by atoms with E-state index in [4.69, 9.17) is 0 Å². The molecule has 0 radical (unpaired) electrons. The average molecular weight is 282 g/mol. The summed E-state index contributed by atoms with van der Waals surface area (Å²) in [5.41, 5.74) is -4.02. The fourth-order valence-electron chi connectivity index (χ4n) is 2.17. The fourth-order valence-corrected chi connectivity index (χ4v) is 2.17. The van der Waals surface area contributed by atoms with E-state index in [9.17, 15) is 31.1 Å². The molecule has 1 aliphatic carbocycles. The van der Waals surface area contributed by atoms with Gasteiger partial charge in [0, 0.05) is 11.5 Å². The molecule has 1 saturated carbocycles. The number of carbonyl (C=O) groups excluding carboxylic acids is 1. The summed E-state index contributed by atoms with van der Waals surface area (Å²) in [7, 11) is 0. The van der Waals surface area contributed by atoms with Gasteiger partial charge in [-0.15, -0.1) is 0 Å². The van der Waals surface area contributed by atoms with E-state index in [2.05, 4.69) is 0 Å². The lowest BCUT2D eigenvalue weighted by Crippen LogP contribution is -2.41. The average Bonchev–Trinajstić information content (AvgIpc) is 3.04.